The number of rotatable bonds is 7. The van der Waals surface area contributed by atoms with Crippen LogP contribution in [0.4, 0.5) is 0 Å². The van der Waals surface area contributed by atoms with Gasteiger partial charge in [0.1, 0.15) is 6.61 Å². The number of halogens is 2. The summed E-state index contributed by atoms with van der Waals surface area (Å²) in [5.41, 5.74) is 1.00. The van der Waals surface area contributed by atoms with E-state index in [1.807, 2.05) is 24.3 Å². The first-order chi connectivity index (χ1) is 10.8. The molecule has 0 amide bonds. The molecule has 0 radical (unpaired) electrons. The van der Waals surface area contributed by atoms with Crippen LogP contribution in [0.2, 0.25) is 30.7 Å². The third-order valence-corrected chi connectivity index (χ3v) is 5.56. The van der Waals surface area contributed by atoms with Gasteiger partial charge in [-0.15, -0.1) is 0 Å². The van der Waals surface area contributed by atoms with Gasteiger partial charge in [-0.1, -0.05) is 43.4 Å². The fourth-order valence-electron chi connectivity index (χ4n) is 1.69. The highest BCUT2D eigenvalue weighted by Gasteiger charge is 2.14. The number of nitrogens with zero attached hydrogens (tertiary/aromatic N) is 2. The number of hydrogen-bond acceptors (Lipinski definition) is 4. The van der Waals surface area contributed by atoms with E-state index in [4.69, 9.17) is 21.1 Å². The molecule has 0 saturated carbocycles. The van der Waals surface area contributed by atoms with Crippen LogP contribution in [0.25, 0.3) is 0 Å². The highest BCUT2D eigenvalue weighted by Crippen LogP contribution is 2.24. The quantitative estimate of drug-likeness (QED) is 0.584. The highest BCUT2D eigenvalue weighted by atomic mass is 79.9. The van der Waals surface area contributed by atoms with Gasteiger partial charge in [-0.05, 0) is 39.7 Å². The summed E-state index contributed by atoms with van der Waals surface area (Å²) in [6.07, 6.45) is 1.65. The standard InChI is InChI=1S/C16H20BrClN2O2Si/c1-23(2,3)9-8-21-15-14(17)10-19-16(20-15)22-11-12-4-6-13(18)7-5-12/h4-7,10H,8-9,11H2,1-3H3. The second kappa shape index (κ2) is 8.12. The molecule has 1 aromatic heterocycles. The van der Waals surface area contributed by atoms with Crippen LogP contribution in [0, 0.1) is 0 Å². The minimum atomic E-state index is -1.13. The van der Waals surface area contributed by atoms with Crippen molar-refractivity contribution >= 4 is 35.6 Å². The first-order valence-electron chi connectivity index (χ1n) is 7.36. The van der Waals surface area contributed by atoms with Crippen LogP contribution >= 0.6 is 27.5 Å². The Morgan fingerprint density at radius 1 is 1.13 bits per heavy atom. The molecule has 0 atom stereocenters. The summed E-state index contributed by atoms with van der Waals surface area (Å²) < 4.78 is 12.1. The molecule has 23 heavy (non-hydrogen) atoms. The maximum Gasteiger partial charge on any atom is 0.320 e. The number of ether oxygens (including phenoxy) is 2. The Balaban J connectivity index is 1.95. The summed E-state index contributed by atoms with van der Waals surface area (Å²) in [6.45, 7) is 7.97. The van der Waals surface area contributed by atoms with Crippen LogP contribution in [0.1, 0.15) is 5.56 Å². The summed E-state index contributed by atoms with van der Waals surface area (Å²) in [5, 5.41) is 0.701. The molecule has 0 aliphatic heterocycles. The molecule has 0 fully saturated rings. The highest BCUT2D eigenvalue weighted by molar-refractivity contribution is 9.10. The smallest absolute Gasteiger partial charge is 0.320 e. The van der Waals surface area contributed by atoms with Crippen molar-refractivity contribution in [1.29, 1.82) is 0 Å². The predicted molar refractivity (Wildman–Crippen MR) is 99.2 cm³/mol. The molecule has 0 aliphatic rings. The molecule has 0 spiro atoms. The molecule has 124 valence electrons. The molecule has 0 unspecified atom stereocenters. The van der Waals surface area contributed by atoms with Gasteiger partial charge in [0.15, 0.2) is 0 Å². The lowest BCUT2D eigenvalue weighted by Gasteiger charge is -2.16. The van der Waals surface area contributed by atoms with E-state index in [0.29, 0.717) is 30.1 Å². The van der Waals surface area contributed by atoms with Gasteiger partial charge in [0.2, 0.25) is 5.88 Å². The van der Waals surface area contributed by atoms with Crippen molar-refractivity contribution in [2.24, 2.45) is 0 Å². The lowest BCUT2D eigenvalue weighted by molar-refractivity contribution is 0.266. The summed E-state index contributed by atoms with van der Waals surface area (Å²) in [6, 6.07) is 8.84. The van der Waals surface area contributed by atoms with Crippen molar-refractivity contribution in [3.63, 3.8) is 0 Å². The molecule has 1 aromatic carbocycles. The van der Waals surface area contributed by atoms with E-state index in [1.54, 1.807) is 6.20 Å². The van der Waals surface area contributed by atoms with Crippen molar-refractivity contribution in [2.45, 2.75) is 32.3 Å². The Morgan fingerprint density at radius 2 is 1.83 bits per heavy atom. The topological polar surface area (TPSA) is 44.2 Å². The van der Waals surface area contributed by atoms with Crippen LogP contribution in [0.5, 0.6) is 11.9 Å². The average molecular weight is 416 g/mol. The SMILES string of the molecule is C[Si](C)(C)CCOc1nc(OCc2ccc(Cl)cc2)ncc1Br. The van der Waals surface area contributed by atoms with Gasteiger partial charge >= 0.3 is 6.01 Å². The molecular weight excluding hydrogens is 396 g/mol. The van der Waals surface area contributed by atoms with Crippen LogP contribution in [0.15, 0.2) is 34.9 Å². The van der Waals surface area contributed by atoms with E-state index in [-0.39, 0.29) is 0 Å². The van der Waals surface area contributed by atoms with Crippen molar-refractivity contribution < 1.29 is 9.47 Å². The third kappa shape index (κ3) is 6.49. The lowest BCUT2D eigenvalue weighted by atomic mass is 10.2. The van der Waals surface area contributed by atoms with E-state index in [1.165, 1.54) is 0 Å². The normalized spacial score (nSPS) is 11.3. The molecule has 0 N–H and O–H groups in total. The molecule has 2 aromatic rings. The maximum atomic E-state index is 5.86. The molecule has 7 heteroatoms. The Hall–Kier alpha value is -1.11. The molecule has 4 nitrogen and oxygen atoms in total. The zero-order valence-electron chi connectivity index (χ0n) is 13.5. The molecule has 0 saturated heterocycles. The van der Waals surface area contributed by atoms with Gasteiger partial charge in [-0.3, -0.25) is 0 Å². The van der Waals surface area contributed by atoms with E-state index in [0.717, 1.165) is 16.1 Å². The van der Waals surface area contributed by atoms with E-state index in [2.05, 4.69) is 45.5 Å². The van der Waals surface area contributed by atoms with Crippen molar-refractivity contribution in [3.05, 3.63) is 45.5 Å². The summed E-state index contributed by atoms with van der Waals surface area (Å²) in [4.78, 5) is 8.46. The van der Waals surface area contributed by atoms with Gasteiger partial charge < -0.3 is 9.47 Å². The Morgan fingerprint density at radius 3 is 2.48 bits per heavy atom. The van der Waals surface area contributed by atoms with Gasteiger partial charge in [0.05, 0.1) is 17.3 Å². The predicted octanol–water partition coefficient (Wildman–Crippen LogP) is 5.19. The number of benzene rings is 1. The van der Waals surface area contributed by atoms with Crippen LogP contribution in [0.3, 0.4) is 0 Å². The van der Waals surface area contributed by atoms with Gasteiger partial charge in [0, 0.05) is 13.1 Å². The average Bonchev–Trinajstić information content (AvgIpc) is 2.48. The minimum Gasteiger partial charge on any atom is -0.477 e. The fourth-order valence-corrected chi connectivity index (χ4v) is 2.84. The second-order valence-corrected chi connectivity index (χ2v) is 13.3. The Kier molecular flexibility index (Phi) is 6.44. The number of aromatic nitrogens is 2. The molecule has 1 heterocycles. The summed E-state index contributed by atoms with van der Waals surface area (Å²) in [5.74, 6) is 0.518. The van der Waals surface area contributed by atoms with Crippen molar-refractivity contribution in [1.82, 2.24) is 9.97 Å². The van der Waals surface area contributed by atoms with Crippen LogP contribution in [-0.2, 0) is 6.61 Å². The monoisotopic (exact) mass is 414 g/mol. The summed E-state index contributed by atoms with van der Waals surface area (Å²) >= 11 is 9.27. The van der Waals surface area contributed by atoms with E-state index in [9.17, 15) is 0 Å². The zero-order chi connectivity index (χ0) is 16.9. The second-order valence-electron chi connectivity index (χ2n) is 6.38. The Bertz CT molecular complexity index is 648. The maximum absolute atomic E-state index is 5.86. The number of hydrogen-bond donors (Lipinski definition) is 0. The fraction of sp³-hybridized carbons (Fsp3) is 0.375. The lowest BCUT2D eigenvalue weighted by Crippen LogP contribution is -2.22. The van der Waals surface area contributed by atoms with Crippen LogP contribution in [-0.4, -0.2) is 24.6 Å². The molecule has 0 aliphatic carbocycles. The van der Waals surface area contributed by atoms with E-state index < -0.39 is 8.07 Å². The molecule has 0 bridgehead atoms. The first-order valence-corrected chi connectivity index (χ1v) is 12.2. The van der Waals surface area contributed by atoms with Gasteiger partial charge in [-0.25, -0.2) is 4.98 Å². The summed E-state index contributed by atoms with van der Waals surface area (Å²) in [7, 11) is -1.13. The third-order valence-electron chi connectivity index (χ3n) is 3.06. The minimum absolute atomic E-state index is 0.297. The molecular formula is C16H20BrClN2O2Si. The zero-order valence-corrected chi connectivity index (χ0v) is 16.8. The first kappa shape index (κ1) is 18.2. The van der Waals surface area contributed by atoms with Crippen molar-refractivity contribution in [2.75, 3.05) is 6.61 Å². The van der Waals surface area contributed by atoms with Gasteiger partial charge in [-0.2, -0.15) is 4.98 Å². The van der Waals surface area contributed by atoms with E-state index >= 15 is 0 Å². The van der Waals surface area contributed by atoms with Crippen LogP contribution < -0.4 is 9.47 Å². The largest absolute Gasteiger partial charge is 0.477 e. The van der Waals surface area contributed by atoms with Gasteiger partial charge in [0.25, 0.3) is 0 Å². The Labute approximate surface area is 151 Å². The molecule has 2 rings (SSSR count). The van der Waals surface area contributed by atoms with Crippen molar-refractivity contribution in [3.8, 4) is 11.9 Å².